The van der Waals surface area contributed by atoms with Gasteiger partial charge in [0.15, 0.2) is 5.03 Å². The molecular weight excluding hydrogens is 324 g/mol. The van der Waals surface area contributed by atoms with Crippen LogP contribution in [0.4, 0.5) is 0 Å². The van der Waals surface area contributed by atoms with Crippen molar-refractivity contribution in [1.82, 2.24) is 9.88 Å². The highest BCUT2D eigenvalue weighted by Gasteiger charge is 2.30. The van der Waals surface area contributed by atoms with E-state index in [1.165, 1.54) is 6.07 Å². The number of pyridine rings is 1. The topological polar surface area (TPSA) is 67.3 Å². The SMILES string of the molecule is CC[C@H]1CCCCN1C(=O)CS(=O)(=O)c1ccc2ccccc2n1. The third kappa shape index (κ3) is 3.43. The van der Waals surface area contributed by atoms with E-state index >= 15 is 0 Å². The van der Waals surface area contributed by atoms with Gasteiger partial charge in [0, 0.05) is 18.0 Å². The van der Waals surface area contributed by atoms with Crippen LogP contribution < -0.4 is 0 Å². The highest BCUT2D eigenvalue weighted by atomic mass is 32.2. The first kappa shape index (κ1) is 16.9. The minimum atomic E-state index is -3.73. The van der Waals surface area contributed by atoms with Gasteiger partial charge in [0.2, 0.25) is 15.7 Å². The lowest BCUT2D eigenvalue weighted by Gasteiger charge is -2.35. The van der Waals surface area contributed by atoms with Crippen LogP contribution in [0.1, 0.15) is 32.6 Å². The quantitative estimate of drug-likeness (QED) is 0.854. The van der Waals surface area contributed by atoms with Crippen molar-refractivity contribution in [2.24, 2.45) is 0 Å². The molecule has 1 fully saturated rings. The monoisotopic (exact) mass is 346 g/mol. The summed E-state index contributed by atoms with van der Waals surface area (Å²) in [5.74, 6) is -0.814. The van der Waals surface area contributed by atoms with Gasteiger partial charge < -0.3 is 4.90 Å². The minimum Gasteiger partial charge on any atom is -0.339 e. The molecule has 1 aromatic heterocycles. The van der Waals surface area contributed by atoms with E-state index in [4.69, 9.17) is 0 Å². The molecule has 1 aliphatic heterocycles. The zero-order valence-electron chi connectivity index (χ0n) is 13.8. The van der Waals surface area contributed by atoms with Crippen LogP contribution in [-0.4, -0.2) is 42.5 Å². The van der Waals surface area contributed by atoms with E-state index in [2.05, 4.69) is 4.98 Å². The lowest BCUT2D eigenvalue weighted by Crippen LogP contribution is -2.45. The lowest BCUT2D eigenvalue weighted by molar-refractivity contribution is -0.132. The number of hydrogen-bond donors (Lipinski definition) is 0. The summed E-state index contributed by atoms with van der Waals surface area (Å²) in [6, 6.07) is 10.7. The predicted molar refractivity (Wildman–Crippen MR) is 93.4 cm³/mol. The average Bonchev–Trinajstić information content (AvgIpc) is 2.60. The van der Waals surface area contributed by atoms with E-state index in [0.717, 1.165) is 31.1 Å². The van der Waals surface area contributed by atoms with Crippen molar-refractivity contribution in [3.63, 3.8) is 0 Å². The number of fused-ring (bicyclic) bond motifs is 1. The minimum absolute atomic E-state index is 0.0281. The highest BCUT2D eigenvalue weighted by Crippen LogP contribution is 2.21. The summed E-state index contributed by atoms with van der Waals surface area (Å²) in [6.07, 6.45) is 3.86. The second-order valence-corrected chi connectivity index (χ2v) is 8.18. The Balaban J connectivity index is 1.82. The lowest BCUT2D eigenvalue weighted by atomic mass is 10.0. The Morgan fingerprint density at radius 2 is 2.00 bits per heavy atom. The summed E-state index contributed by atoms with van der Waals surface area (Å²) in [6.45, 7) is 2.69. The first-order valence-corrected chi connectivity index (χ1v) is 10.0. The van der Waals surface area contributed by atoms with Crippen LogP contribution in [0.5, 0.6) is 0 Å². The fraction of sp³-hybridized carbons (Fsp3) is 0.444. The molecule has 0 spiro atoms. The predicted octanol–water partition coefficient (Wildman–Crippen LogP) is 2.80. The summed E-state index contributed by atoms with van der Waals surface area (Å²) >= 11 is 0. The molecule has 0 unspecified atom stereocenters. The summed E-state index contributed by atoms with van der Waals surface area (Å²) in [4.78, 5) is 18.5. The number of nitrogens with zero attached hydrogens (tertiary/aromatic N) is 2. The van der Waals surface area contributed by atoms with Crippen LogP contribution in [0.25, 0.3) is 10.9 Å². The smallest absolute Gasteiger partial charge is 0.238 e. The molecule has 0 radical (unpaired) electrons. The number of likely N-dealkylation sites (tertiary alicyclic amines) is 1. The van der Waals surface area contributed by atoms with Crippen molar-refractivity contribution in [2.45, 2.75) is 43.7 Å². The Bertz CT molecular complexity index is 848. The number of carbonyl (C=O) groups excluding carboxylic acids is 1. The van der Waals surface area contributed by atoms with E-state index in [1.807, 2.05) is 25.1 Å². The summed E-state index contributed by atoms with van der Waals surface area (Å²) in [5.41, 5.74) is 0.621. The van der Waals surface area contributed by atoms with E-state index in [0.29, 0.717) is 12.1 Å². The third-order valence-corrected chi connectivity index (χ3v) is 6.12. The van der Waals surface area contributed by atoms with Gasteiger partial charge in [-0.1, -0.05) is 25.1 Å². The van der Waals surface area contributed by atoms with Crippen LogP contribution in [0.3, 0.4) is 0 Å². The Hall–Kier alpha value is -1.95. The maximum Gasteiger partial charge on any atom is 0.238 e. The number of sulfone groups is 1. The summed E-state index contributed by atoms with van der Waals surface area (Å²) in [5, 5.41) is 0.851. The molecule has 5 nitrogen and oxygen atoms in total. The van der Waals surface area contributed by atoms with Gasteiger partial charge in [-0.2, -0.15) is 0 Å². The van der Waals surface area contributed by atoms with E-state index in [1.54, 1.807) is 17.0 Å². The number of carbonyl (C=O) groups is 1. The molecule has 6 heteroatoms. The molecule has 1 amide bonds. The third-order valence-electron chi connectivity index (χ3n) is 4.62. The van der Waals surface area contributed by atoms with Gasteiger partial charge in [0.05, 0.1) is 5.52 Å². The first-order valence-electron chi connectivity index (χ1n) is 8.39. The standard InChI is InChI=1S/C18H22N2O3S/c1-2-15-8-5-6-12-20(15)18(21)13-24(22,23)17-11-10-14-7-3-4-9-16(14)19-17/h3-4,7,9-11,15H,2,5-6,8,12-13H2,1H3/t15-/m0/s1. The van der Waals surface area contributed by atoms with Crippen molar-refractivity contribution >= 4 is 26.6 Å². The summed E-state index contributed by atoms with van der Waals surface area (Å²) in [7, 11) is -3.73. The van der Waals surface area contributed by atoms with Crippen LogP contribution >= 0.6 is 0 Å². The van der Waals surface area contributed by atoms with E-state index in [9.17, 15) is 13.2 Å². The largest absolute Gasteiger partial charge is 0.339 e. The molecular formula is C18H22N2O3S. The molecule has 3 rings (SSSR count). The molecule has 2 aromatic rings. The molecule has 0 saturated carbocycles. The van der Waals surface area contributed by atoms with Gasteiger partial charge in [-0.25, -0.2) is 13.4 Å². The van der Waals surface area contributed by atoms with E-state index in [-0.39, 0.29) is 17.0 Å². The number of rotatable bonds is 4. The van der Waals surface area contributed by atoms with Gasteiger partial charge in [0.25, 0.3) is 0 Å². The normalized spacial score (nSPS) is 18.7. The number of aromatic nitrogens is 1. The Labute approximate surface area is 142 Å². The van der Waals surface area contributed by atoms with Crippen molar-refractivity contribution in [3.8, 4) is 0 Å². The van der Waals surface area contributed by atoms with Crippen molar-refractivity contribution in [3.05, 3.63) is 36.4 Å². The average molecular weight is 346 g/mol. The maximum atomic E-state index is 12.6. The van der Waals surface area contributed by atoms with Crippen LogP contribution in [0.15, 0.2) is 41.4 Å². The Morgan fingerprint density at radius 3 is 2.79 bits per heavy atom. The molecule has 0 N–H and O–H groups in total. The first-order chi connectivity index (χ1) is 11.5. The van der Waals surface area contributed by atoms with Gasteiger partial charge in [-0.05, 0) is 43.9 Å². The maximum absolute atomic E-state index is 12.6. The number of amides is 1. The number of para-hydroxylation sites is 1. The van der Waals surface area contributed by atoms with Crippen LogP contribution in [0, 0.1) is 0 Å². The Kier molecular flexibility index (Phi) is 4.85. The number of benzene rings is 1. The number of piperidine rings is 1. The van der Waals surface area contributed by atoms with Gasteiger partial charge in [0.1, 0.15) is 5.75 Å². The van der Waals surface area contributed by atoms with E-state index < -0.39 is 15.6 Å². The molecule has 1 aromatic carbocycles. The van der Waals surface area contributed by atoms with Crippen LogP contribution in [0.2, 0.25) is 0 Å². The fourth-order valence-electron chi connectivity index (χ4n) is 3.29. The van der Waals surface area contributed by atoms with Crippen molar-refractivity contribution in [2.75, 3.05) is 12.3 Å². The number of hydrogen-bond acceptors (Lipinski definition) is 4. The zero-order valence-corrected chi connectivity index (χ0v) is 14.6. The molecule has 2 heterocycles. The highest BCUT2D eigenvalue weighted by molar-refractivity contribution is 7.92. The molecule has 24 heavy (non-hydrogen) atoms. The molecule has 1 saturated heterocycles. The molecule has 128 valence electrons. The molecule has 0 bridgehead atoms. The molecule has 0 aliphatic carbocycles. The Morgan fingerprint density at radius 1 is 1.21 bits per heavy atom. The zero-order chi connectivity index (χ0) is 17.2. The second-order valence-electron chi connectivity index (χ2n) is 6.25. The van der Waals surface area contributed by atoms with Crippen molar-refractivity contribution in [1.29, 1.82) is 0 Å². The van der Waals surface area contributed by atoms with Crippen LogP contribution in [-0.2, 0) is 14.6 Å². The molecule has 1 atom stereocenters. The molecule has 1 aliphatic rings. The summed E-state index contributed by atoms with van der Waals surface area (Å²) < 4.78 is 25.2. The van der Waals surface area contributed by atoms with Gasteiger partial charge >= 0.3 is 0 Å². The van der Waals surface area contributed by atoms with Gasteiger partial charge in [-0.3, -0.25) is 4.79 Å². The fourth-order valence-corrected chi connectivity index (χ4v) is 4.44. The second kappa shape index (κ2) is 6.89. The van der Waals surface area contributed by atoms with Gasteiger partial charge in [-0.15, -0.1) is 0 Å². The van der Waals surface area contributed by atoms with Crippen molar-refractivity contribution < 1.29 is 13.2 Å².